The largest absolute Gasteiger partial charge is 0.465 e. The van der Waals surface area contributed by atoms with Crippen molar-refractivity contribution in [2.24, 2.45) is 0 Å². The molecule has 0 aliphatic carbocycles. The Morgan fingerprint density at radius 2 is 1.71 bits per heavy atom. The molecule has 0 fully saturated rings. The highest BCUT2D eigenvalue weighted by Gasteiger charge is 2.06. The maximum Gasteiger partial charge on any atom is 0.337 e. The predicted octanol–water partition coefficient (Wildman–Crippen LogP) is 6.25. The van der Waals surface area contributed by atoms with Crippen LogP contribution < -0.4 is 5.32 Å². The van der Waals surface area contributed by atoms with E-state index in [-0.39, 0.29) is 5.97 Å². The molecule has 0 aliphatic heterocycles. The lowest BCUT2D eigenvalue weighted by molar-refractivity contribution is 0.0600. The summed E-state index contributed by atoms with van der Waals surface area (Å²) in [6.07, 6.45) is 3.96. The number of esters is 1. The third kappa shape index (κ3) is 4.77. The summed E-state index contributed by atoms with van der Waals surface area (Å²) in [6.45, 7) is 6.30. The number of hydrogen-bond donors (Lipinski definition) is 1. The lowest BCUT2D eigenvalue weighted by Crippen LogP contribution is -2.00. The Morgan fingerprint density at radius 3 is 2.39 bits per heavy atom. The standard InChI is InChI=1S/C25H23NO2/c1-18-9-16-23(24(17-18)26-22-7-5-4-6-8-22)19(2)10-11-20-12-14-21(15-13-20)25(27)28-3/h4-17,26H,2H2,1,3H3/b11-10+. The van der Waals surface area contributed by atoms with Crippen molar-refractivity contribution < 1.29 is 9.53 Å². The number of carbonyl (C=O) groups excluding carboxylic acids is 1. The molecule has 0 heterocycles. The summed E-state index contributed by atoms with van der Waals surface area (Å²) >= 11 is 0. The number of hydrogen-bond acceptors (Lipinski definition) is 3. The molecule has 140 valence electrons. The summed E-state index contributed by atoms with van der Waals surface area (Å²) < 4.78 is 4.73. The van der Waals surface area contributed by atoms with Gasteiger partial charge in [-0.05, 0) is 54.0 Å². The molecule has 0 spiro atoms. The highest BCUT2D eigenvalue weighted by Crippen LogP contribution is 2.28. The van der Waals surface area contributed by atoms with Gasteiger partial charge in [-0.3, -0.25) is 0 Å². The van der Waals surface area contributed by atoms with Crippen LogP contribution in [-0.2, 0) is 4.74 Å². The summed E-state index contributed by atoms with van der Waals surface area (Å²) in [6, 6.07) is 23.6. The quantitative estimate of drug-likeness (QED) is 0.412. The Kier molecular flexibility index (Phi) is 6.07. The van der Waals surface area contributed by atoms with Crippen LogP contribution in [0.2, 0.25) is 0 Å². The van der Waals surface area contributed by atoms with Crippen molar-refractivity contribution in [3.8, 4) is 0 Å². The molecule has 0 radical (unpaired) electrons. The third-order valence-electron chi connectivity index (χ3n) is 4.38. The molecule has 3 rings (SSSR count). The van der Waals surface area contributed by atoms with E-state index in [1.165, 1.54) is 12.7 Å². The molecule has 0 saturated heterocycles. The number of nitrogens with one attached hydrogen (secondary N) is 1. The normalized spacial score (nSPS) is 10.6. The van der Waals surface area contributed by atoms with Crippen LogP contribution in [0.1, 0.15) is 27.0 Å². The molecular formula is C25H23NO2. The number of allylic oxidation sites excluding steroid dienone is 2. The second-order valence-electron chi connectivity index (χ2n) is 6.51. The van der Waals surface area contributed by atoms with E-state index in [4.69, 9.17) is 4.74 Å². The summed E-state index contributed by atoms with van der Waals surface area (Å²) in [5.74, 6) is -0.337. The zero-order valence-electron chi connectivity index (χ0n) is 16.1. The summed E-state index contributed by atoms with van der Waals surface area (Å²) in [5, 5.41) is 3.47. The van der Waals surface area contributed by atoms with Gasteiger partial charge in [0.15, 0.2) is 0 Å². The maximum atomic E-state index is 11.5. The smallest absolute Gasteiger partial charge is 0.337 e. The summed E-state index contributed by atoms with van der Waals surface area (Å²) in [7, 11) is 1.38. The number of methoxy groups -OCH3 is 1. The van der Waals surface area contributed by atoms with E-state index in [1.54, 1.807) is 12.1 Å². The molecule has 28 heavy (non-hydrogen) atoms. The summed E-state index contributed by atoms with van der Waals surface area (Å²) in [5.41, 5.74) is 6.68. The van der Waals surface area contributed by atoms with Gasteiger partial charge in [0.05, 0.1) is 12.7 Å². The Balaban J connectivity index is 1.80. The minimum absolute atomic E-state index is 0.337. The van der Waals surface area contributed by atoms with Crippen LogP contribution in [0.25, 0.3) is 11.6 Å². The highest BCUT2D eigenvalue weighted by molar-refractivity contribution is 5.90. The Bertz CT molecular complexity index is 1000. The Morgan fingerprint density at radius 1 is 1.00 bits per heavy atom. The minimum atomic E-state index is -0.337. The van der Waals surface area contributed by atoms with E-state index in [9.17, 15) is 4.79 Å². The van der Waals surface area contributed by atoms with Crippen LogP contribution in [0.3, 0.4) is 0 Å². The number of benzene rings is 3. The van der Waals surface area contributed by atoms with Crippen LogP contribution in [0.5, 0.6) is 0 Å². The van der Waals surface area contributed by atoms with Crippen molar-refractivity contribution in [3.05, 3.63) is 108 Å². The molecule has 0 atom stereocenters. The van der Waals surface area contributed by atoms with Crippen molar-refractivity contribution in [1.29, 1.82) is 0 Å². The number of rotatable bonds is 6. The van der Waals surface area contributed by atoms with Crippen LogP contribution in [0, 0.1) is 6.92 Å². The number of ether oxygens (including phenoxy) is 1. The van der Waals surface area contributed by atoms with Gasteiger partial charge in [-0.1, -0.05) is 61.2 Å². The average molecular weight is 369 g/mol. The van der Waals surface area contributed by atoms with Crippen LogP contribution in [0.4, 0.5) is 11.4 Å². The molecule has 0 amide bonds. The molecule has 3 aromatic rings. The maximum absolute atomic E-state index is 11.5. The zero-order valence-corrected chi connectivity index (χ0v) is 16.1. The van der Waals surface area contributed by atoms with E-state index in [0.29, 0.717) is 5.56 Å². The first-order valence-corrected chi connectivity index (χ1v) is 9.05. The van der Waals surface area contributed by atoms with Gasteiger partial charge in [0, 0.05) is 16.9 Å². The fourth-order valence-corrected chi connectivity index (χ4v) is 2.85. The molecule has 0 unspecified atom stereocenters. The van der Waals surface area contributed by atoms with E-state index < -0.39 is 0 Å². The van der Waals surface area contributed by atoms with Gasteiger partial charge in [0.1, 0.15) is 0 Å². The van der Waals surface area contributed by atoms with E-state index in [1.807, 2.05) is 54.6 Å². The number of carbonyl (C=O) groups is 1. The van der Waals surface area contributed by atoms with E-state index in [0.717, 1.165) is 28.1 Å². The minimum Gasteiger partial charge on any atom is -0.465 e. The predicted molar refractivity (Wildman–Crippen MR) is 117 cm³/mol. The molecule has 3 aromatic carbocycles. The average Bonchev–Trinajstić information content (AvgIpc) is 2.72. The van der Waals surface area contributed by atoms with E-state index in [2.05, 4.69) is 37.0 Å². The molecule has 0 aromatic heterocycles. The molecular weight excluding hydrogens is 346 g/mol. The first-order chi connectivity index (χ1) is 13.6. The van der Waals surface area contributed by atoms with E-state index >= 15 is 0 Å². The third-order valence-corrected chi connectivity index (χ3v) is 4.38. The lowest BCUT2D eigenvalue weighted by Gasteiger charge is -2.13. The first kappa shape index (κ1) is 19.2. The number of anilines is 2. The van der Waals surface area contributed by atoms with Gasteiger partial charge >= 0.3 is 5.97 Å². The fourth-order valence-electron chi connectivity index (χ4n) is 2.85. The topological polar surface area (TPSA) is 38.3 Å². The Labute approximate surface area is 166 Å². The monoisotopic (exact) mass is 369 g/mol. The van der Waals surface area contributed by atoms with Crippen LogP contribution >= 0.6 is 0 Å². The lowest BCUT2D eigenvalue weighted by atomic mass is 10.0. The van der Waals surface area contributed by atoms with Crippen molar-refractivity contribution in [2.45, 2.75) is 6.92 Å². The zero-order chi connectivity index (χ0) is 19.9. The van der Waals surface area contributed by atoms with Gasteiger partial charge in [-0.15, -0.1) is 0 Å². The highest BCUT2D eigenvalue weighted by atomic mass is 16.5. The van der Waals surface area contributed by atoms with Gasteiger partial charge in [0.25, 0.3) is 0 Å². The second-order valence-corrected chi connectivity index (χ2v) is 6.51. The molecule has 0 bridgehead atoms. The molecule has 3 heteroatoms. The second kappa shape index (κ2) is 8.87. The Hall–Kier alpha value is -3.59. The van der Waals surface area contributed by atoms with Gasteiger partial charge in [-0.25, -0.2) is 4.79 Å². The fraction of sp³-hybridized carbons (Fsp3) is 0.0800. The molecule has 3 nitrogen and oxygen atoms in total. The number of aryl methyl sites for hydroxylation is 1. The van der Waals surface area contributed by atoms with Crippen molar-refractivity contribution in [3.63, 3.8) is 0 Å². The van der Waals surface area contributed by atoms with Gasteiger partial charge < -0.3 is 10.1 Å². The van der Waals surface area contributed by atoms with Crippen LogP contribution in [0.15, 0.2) is 85.5 Å². The summed E-state index contributed by atoms with van der Waals surface area (Å²) in [4.78, 5) is 11.5. The first-order valence-electron chi connectivity index (χ1n) is 9.05. The van der Waals surface area contributed by atoms with Crippen molar-refractivity contribution >= 4 is 29.0 Å². The number of para-hydroxylation sites is 1. The SMILES string of the molecule is C=C(/C=C/c1ccc(C(=O)OC)cc1)c1ccc(C)cc1Nc1ccccc1. The molecule has 0 aliphatic rings. The van der Waals surface area contributed by atoms with Gasteiger partial charge in [0.2, 0.25) is 0 Å². The molecule has 0 saturated carbocycles. The molecule has 1 N–H and O–H groups in total. The van der Waals surface area contributed by atoms with Crippen molar-refractivity contribution in [2.75, 3.05) is 12.4 Å². The van der Waals surface area contributed by atoms with Gasteiger partial charge in [-0.2, -0.15) is 0 Å². The van der Waals surface area contributed by atoms with Crippen molar-refractivity contribution in [1.82, 2.24) is 0 Å². The van der Waals surface area contributed by atoms with Crippen LogP contribution in [-0.4, -0.2) is 13.1 Å².